The molecule has 0 spiro atoms. The van der Waals surface area contributed by atoms with Crippen molar-refractivity contribution in [2.75, 3.05) is 6.61 Å². The molecule has 1 unspecified atom stereocenters. The van der Waals surface area contributed by atoms with Crippen LogP contribution in [0.15, 0.2) is 59.5 Å². The molecular formula is C23H30N2O5S. The third-order valence-corrected chi connectivity index (χ3v) is 6.44. The van der Waals surface area contributed by atoms with Crippen molar-refractivity contribution in [3.63, 3.8) is 0 Å². The number of carbonyl (C=O) groups excluding carboxylic acids is 2. The van der Waals surface area contributed by atoms with Crippen molar-refractivity contribution < 1.29 is 22.7 Å². The van der Waals surface area contributed by atoms with Crippen molar-refractivity contribution in [2.45, 2.75) is 57.6 Å². The highest BCUT2D eigenvalue weighted by molar-refractivity contribution is 7.89. The van der Waals surface area contributed by atoms with E-state index in [0.29, 0.717) is 13.0 Å². The number of ether oxygens (including phenoxy) is 1. The first-order chi connectivity index (χ1) is 14.6. The minimum absolute atomic E-state index is 0.0612. The zero-order valence-corrected chi connectivity index (χ0v) is 19.2. The fourth-order valence-electron chi connectivity index (χ4n) is 2.82. The van der Waals surface area contributed by atoms with E-state index < -0.39 is 16.0 Å². The molecule has 0 aliphatic carbocycles. The van der Waals surface area contributed by atoms with Gasteiger partial charge in [0.1, 0.15) is 0 Å². The lowest BCUT2D eigenvalue weighted by atomic mass is 10.2. The molecule has 168 valence electrons. The molecule has 0 radical (unpaired) electrons. The van der Waals surface area contributed by atoms with Crippen LogP contribution in [0.1, 0.15) is 50.0 Å². The van der Waals surface area contributed by atoms with Crippen molar-refractivity contribution in [2.24, 2.45) is 0 Å². The van der Waals surface area contributed by atoms with Crippen LogP contribution in [0.4, 0.5) is 0 Å². The van der Waals surface area contributed by atoms with E-state index in [2.05, 4.69) is 4.72 Å². The zero-order chi connectivity index (χ0) is 23.0. The molecule has 8 heteroatoms. The third kappa shape index (κ3) is 7.18. The van der Waals surface area contributed by atoms with Gasteiger partial charge in [-0.1, -0.05) is 37.3 Å². The molecule has 0 aliphatic heterocycles. The molecule has 2 rings (SSSR count). The summed E-state index contributed by atoms with van der Waals surface area (Å²) in [7, 11) is -3.65. The van der Waals surface area contributed by atoms with Gasteiger partial charge in [-0.05, 0) is 57.0 Å². The van der Waals surface area contributed by atoms with E-state index in [1.165, 1.54) is 24.3 Å². The number of benzene rings is 2. The molecule has 31 heavy (non-hydrogen) atoms. The lowest BCUT2D eigenvalue weighted by Crippen LogP contribution is -2.39. The Balaban J connectivity index is 1.98. The average molecular weight is 447 g/mol. The minimum atomic E-state index is -3.65. The third-order valence-electron chi connectivity index (χ3n) is 4.84. The first-order valence-electron chi connectivity index (χ1n) is 10.3. The monoisotopic (exact) mass is 446 g/mol. The van der Waals surface area contributed by atoms with E-state index in [1.807, 2.05) is 51.1 Å². The SMILES string of the molecule is CCC(C)NS(=O)(=O)c1ccc(C(=O)OCC(=O)N(Cc2ccccc2)C(C)C)cc1. The first-order valence-corrected chi connectivity index (χ1v) is 11.7. The summed E-state index contributed by atoms with van der Waals surface area (Å²) in [6.45, 7) is 7.49. The summed E-state index contributed by atoms with van der Waals surface area (Å²) in [5, 5.41) is 0. The van der Waals surface area contributed by atoms with Crippen LogP contribution in [0, 0.1) is 0 Å². The Bertz CT molecular complexity index is 973. The van der Waals surface area contributed by atoms with Gasteiger partial charge in [0.25, 0.3) is 5.91 Å². The van der Waals surface area contributed by atoms with Crippen LogP contribution in [-0.4, -0.2) is 43.9 Å². The largest absolute Gasteiger partial charge is 0.452 e. The first kappa shape index (κ1) is 24.6. The van der Waals surface area contributed by atoms with Gasteiger partial charge in [-0.3, -0.25) is 4.79 Å². The van der Waals surface area contributed by atoms with Gasteiger partial charge in [-0.2, -0.15) is 0 Å². The molecule has 2 aromatic carbocycles. The number of sulfonamides is 1. The van der Waals surface area contributed by atoms with Gasteiger partial charge < -0.3 is 9.64 Å². The Morgan fingerprint density at radius 2 is 1.61 bits per heavy atom. The molecule has 1 amide bonds. The van der Waals surface area contributed by atoms with Gasteiger partial charge in [0.15, 0.2) is 6.61 Å². The van der Waals surface area contributed by atoms with Crippen molar-refractivity contribution in [3.8, 4) is 0 Å². The van der Waals surface area contributed by atoms with Gasteiger partial charge in [0, 0.05) is 18.6 Å². The molecular weight excluding hydrogens is 416 g/mol. The number of nitrogens with one attached hydrogen (secondary N) is 1. The number of hydrogen-bond acceptors (Lipinski definition) is 5. The Labute approximate surface area is 184 Å². The molecule has 0 fully saturated rings. The van der Waals surface area contributed by atoms with E-state index in [0.717, 1.165) is 5.56 Å². The zero-order valence-electron chi connectivity index (χ0n) is 18.4. The van der Waals surface area contributed by atoms with Crippen LogP contribution in [0.25, 0.3) is 0 Å². The van der Waals surface area contributed by atoms with Crippen molar-refractivity contribution in [1.82, 2.24) is 9.62 Å². The van der Waals surface area contributed by atoms with Crippen LogP contribution in [0.5, 0.6) is 0 Å². The predicted octanol–water partition coefficient (Wildman–Crippen LogP) is 3.36. The average Bonchev–Trinajstić information content (AvgIpc) is 2.75. The number of esters is 1. The number of rotatable bonds is 10. The maximum Gasteiger partial charge on any atom is 0.338 e. The van der Waals surface area contributed by atoms with Crippen LogP contribution in [-0.2, 0) is 26.1 Å². The fourth-order valence-corrected chi connectivity index (χ4v) is 4.15. The number of carbonyl (C=O) groups is 2. The van der Waals surface area contributed by atoms with Crippen molar-refractivity contribution >= 4 is 21.9 Å². The van der Waals surface area contributed by atoms with Crippen LogP contribution < -0.4 is 4.72 Å². The summed E-state index contributed by atoms with van der Waals surface area (Å²) < 4.78 is 32.3. The second-order valence-corrected chi connectivity index (χ2v) is 9.35. The minimum Gasteiger partial charge on any atom is -0.452 e. The summed E-state index contributed by atoms with van der Waals surface area (Å²) in [6.07, 6.45) is 0.662. The molecule has 0 bridgehead atoms. The van der Waals surface area contributed by atoms with E-state index in [4.69, 9.17) is 4.74 Å². The lowest BCUT2D eigenvalue weighted by molar-refractivity contribution is -0.136. The second kappa shape index (κ2) is 11.1. The second-order valence-electron chi connectivity index (χ2n) is 7.63. The van der Waals surface area contributed by atoms with E-state index in [9.17, 15) is 18.0 Å². The van der Waals surface area contributed by atoms with Crippen molar-refractivity contribution in [3.05, 3.63) is 65.7 Å². The normalized spacial score (nSPS) is 12.4. The predicted molar refractivity (Wildman–Crippen MR) is 119 cm³/mol. The van der Waals surface area contributed by atoms with Gasteiger partial charge in [0.2, 0.25) is 10.0 Å². The topological polar surface area (TPSA) is 92.8 Å². The molecule has 0 saturated carbocycles. The van der Waals surface area contributed by atoms with Crippen LogP contribution in [0.3, 0.4) is 0 Å². The lowest BCUT2D eigenvalue weighted by Gasteiger charge is -2.26. The molecule has 1 N–H and O–H groups in total. The van der Waals surface area contributed by atoms with Gasteiger partial charge in [-0.25, -0.2) is 17.9 Å². The summed E-state index contributed by atoms with van der Waals surface area (Å²) >= 11 is 0. The molecule has 0 heterocycles. The number of hydrogen-bond donors (Lipinski definition) is 1. The number of nitrogens with zero attached hydrogens (tertiary/aromatic N) is 1. The molecule has 0 aliphatic rings. The van der Waals surface area contributed by atoms with E-state index >= 15 is 0 Å². The molecule has 7 nitrogen and oxygen atoms in total. The maximum absolute atomic E-state index is 12.6. The number of amides is 1. The van der Waals surface area contributed by atoms with Crippen molar-refractivity contribution in [1.29, 1.82) is 0 Å². The highest BCUT2D eigenvalue weighted by atomic mass is 32.2. The van der Waals surface area contributed by atoms with E-state index in [1.54, 1.807) is 11.8 Å². The fraction of sp³-hybridized carbons (Fsp3) is 0.391. The Kier molecular flexibility index (Phi) is 8.76. The Hall–Kier alpha value is -2.71. The quantitative estimate of drug-likeness (QED) is 0.565. The maximum atomic E-state index is 12.6. The summed E-state index contributed by atoms with van der Waals surface area (Å²) in [5.41, 5.74) is 1.16. The Morgan fingerprint density at radius 3 is 2.16 bits per heavy atom. The van der Waals surface area contributed by atoms with Gasteiger partial charge >= 0.3 is 5.97 Å². The summed E-state index contributed by atoms with van der Waals surface area (Å²) in [4.78, 5) is 26.6. The standard InChI is InChI=1S/C23H30N2O5S/c1-5-18(4)24-31(28,29)21-13-11-20(12-14-21)23(27)30-16-22(26)25(17(2)3)15-19-9-7-6-8-10-19/h6-14,17-18,24H,5,15-16H2,1-4H3. The van der Waals surface area contributed by atoms with Crippen LogP contribution >= 0.6 is 0 Å². The Morgan fingerprint density at radius 1 is 1.00 bits per heavy atom. The highest BCUT2D eigenvalue weighted by Gasteiger charge is 2.21. The molecule has 1 atom stereocenters. The van der Waals surface area contributed by atoms with Gasteiger partial charge in [0.05, 0.1) is 10.5 Å². The summed E-state index contributed by atoms with van der Waals surface area (Å²) in [5.74, 6) is -0.986. The van der Waals surface area contributed by atoms with Gasteiger partial charge in [-0.15, -0.1) is 0 Å². The molecule has 0 saturated heterocycles. The van der Waals surface area contributed by atoms with Crippen LogP contribution in [0.2, 0.25) is 0 Å². The molecule has 0 aromatic heterocycles. The summed E-state index contributed by atoms with van der Waals surface area (Å²) in [6, 6.07) is 14.8. The van der Waals surface area contributed by atoms with E-state index in [-0.39, 0.29) is 35.1 Å². The molecule has 2 aromatic rings. The smallest absolute Gasteiger partial charge is 0.338 e. The highest BCUT2D eigenvalue weighted by Crippen LogP contribution is 2.13.